The van der Waals surface area contributed by atoms with E-state index >= 15 is 0 Å². The van der Waals surface area contributed by atoms with Crippen molar-refractivity contribution in [1.82, 2.24) is 0 Å². The summed E-state index contributed by atoms with van der Waals surface area (Å²) < 4.78 is 22.9. The summed E-state index contributed by atoms with van der Waals surface area (Å²) in [5, 5.41) is 9.72. The van der Waals surface area contributed by atoms with Crippen molar-refractivity contribution in [2.45, 2.75) is 245 Å². The van der Waals surface area contributed by atoms with Gasteiger partial charge in [0.25, 0.3) is 6.29 Å². The number of esters is 2. The summed E-state index contributed by atoms with van der Waals surface area (Å²) in [7, 11) is 5.95. The Labute approximate surface area is 520 Å². The van der Waals surface area contributed by atoms with Crippen molar-refractivity contribution < 1.29 is 42.9 Å². The van der Waals surface area contributed by atoms with Gasteiger partial charge >= 0.3 is 17.9 Å². The zero-order valence-corrected chi connectivity index (χ0v) is 54.4. The van der Waals surface area contributed by atoms with Crippen molar-refractivity contribution >= 4 is 17.9 Å². The maximum Gasteiger partial charge on any atom is 0.361 e. The van der Waals surface area contributed by atoms with Gasteiger partial charge in [0.2, 0.25) is 0 Å². The van der Waals surface area contributed by atoms with E-state index in [4.69, 9.17) is 18.9 Å². The summed E-state index contributed by atoms with van der Waals surface area (Å²) in [4.78, 5) is 37.5. The van der Waals surface area contributed by atoms with Gasteiger partial charge in [-0.1, -0.05) is 261 Å². The molecule has 0 aliphatic heterocycles. The SMILES string of the molecule is CC/C=C\C/C=C\C/C=C\C/C=C\C/C=C\C/C=C\C/C=C\C/C=C\C/C=C\CCCCCCCCCCCCCCCC(=O)OC(COC(=O)CCCCC/C=C\C/C=C\C/C=C\C/C=C\C/C=C\CC)COC(OCC[N+](C)(C)C)C(=O)O. The summed E-state index contributed by atoms with van der Waals surface area (Å²) >= 11 is 0. The second kappa shape index (κ2) is 64.6. The number of allylic oxidation sites excluding steroid dienone is 28. The van der Waals surface area contributed by atoms with Gasteiger partial charge in [-0.25, -0.2) is 4.79 Å². The number of hydrogen-bond acceptors (Lipinski definition) is 7. The molecule has 0 fully saturated rings. The molecule has 85 heavy (non-hydrogen) atoms. The normalized spacial score (nSPS) is 13.8. The minimum absolute atomic E-state index is 0.174. The minimum atomic E-state index is -1.53. The number of carboxylic acids is 1. The third kappa shape index (κ3) is 66.0. The molecule has 1 N–H and O–H groups in total. The van der Waals surface area contributed by atoms with Crippen molar-refractivity contribution in [2.75, 3.05) is 47.5 Å². The lowest BCUT2D eigenvalue weighted by atomic mass is 10.0. The molecule has 0 rings (SSSR count). The standard InChI is InChI=1S/C76H121NO8/c1-6-8-10-12-14-16-18-20-22-24-26-27-28-29-30-31-32-33-34-35-36-37-38-39-40-41-42-43-44-45-46-47-49-51-53-55-57-59-61-63-65-67-74(79)85-72(71-84-76(75(80)81)82-69-68-77(3,4)5)70-83-73(78)66-64-62-60-58-56-54-52-50-48-25-23-21-19-17-15-13-11-9-7-2/h8-11,14-17,20-23,26-27,29-30,32-33,35-36,38-39,41-42,48,50,54,56,72,76H,6-7,12-13,18-19,24-25,28,31,34,37,40,43-47,49,51-53,55,57-71H2,1-5H3/p+1/b10-8-,11-9-,16-14-,17-15-,22-20-,23-21-,27-26-,30-29-,33-32-,36-35-,39-38-,42-41-,50-48-,56-54-. The van der Waals surface area contributed by atoms with E-state index < -0.39 is 24.3 Å². The molecule has 0 aromatic carbocycles. The van der Waals surface area contributed by atoms with Crippen LogP contribution in [0, 0.1) is 0 Å². The van der Waals surface area contributed by atoms with Gasteiger partial charge in [0.1, 0.15) is 13.2 Å². The van der Waals surface area contributed by atoms with Crippen molar-refractivity contribution in [3.05, 3.63) is 170 Å². The lowest BCUT2D eigenvalue weighted by molar-refractivity contribution is -0.870. The predicted molar refractivity (Wildman–Crippen MR) is 363 cm³/mol. The van der Waals surface area contributed by atoms with Gasteiger partial charge in [-0.05, 0) is 128 Å². The fourth-order valence-electron chi connectivity index (χ4n) is 8.44. The number of carboxylic acid groups (broad SMARTS) is 1. The number of nitrogens with zero attached hydrogens (tertiary/aromatic N) is 1. The molecular formula is C76H122NO8+. The molecule has 0 aromatic heterocycles. The molecular weight excluding hydrogens is 1050 g/mol. The molecule has 0 aliphatic rings. The average molecular weight is 1180 g/mol. The quantitative estimate of drug-likeness (QED) is 0.0211. The summed E-state index contributed by atoms with van der Waals surface area (Å²) in [6.45, 7) is 4.59. The summed E-state index contributed by atoms with van der Waals surface area (Å²) in [5.41, 5.74) is 0. The first-order valence-electron chi connectivity index (χ1n) is 33.3. The van der Waals surface area contributed by atoms with E-state index in [1.54, 1.807) is 0 Å². The van der Waals surface area contributed by atoms with Gasteiger partial charge in [0.05, 0.1) is 34.4 Å². The van der Waals surface area contributed by atoms with Crippen LogP contribution in [0.4, 0.5) is 0 Å². The minimum Gasteiger partial charge on any atom is -0.477 e. The molecule has 2 unspecified atom stereocenters. The Morgan fingerprint density at radius 3 is 0.953 bits per heavy atom. The van der Waals surface area contributed by atoms with Gasteiger partial charge in [0.15, 0.2) is 6.10 Å². The smallest absolute Gasteiger partial charge is 0.361 e. The lowest BCUT2D eigenvalue weighted by Crippen LogP contribution is -2.40. The third-order valence-corrected chi connectivity index (χ3v) is 13.5. The zero-order valence-electron chi connectivity index (χ0n) is 54.4. The number of likely N-dealkylation sites (N-methyl/N-ethyl adjacent to an activating group) is 1. The number of quaternary nitrogens is 1. The molecule has 0 bridgehead atoms. The van der Waals surface area contributed by atoms with Gasteiger partial charge in [-0.15, -0.1) is 0 Å². The second-order valence-corrected chi connectivity index (χ2v) is 22.7. The molecule has 2 atom stereocenters. The lowest BCUT2D eigenvalue weighted by Gasteiger charge is -2.25. The molecule has 0 heterocycles. The molecule has 0 aliphatic carbocycles. The first-order valence-corrected chi connectivity index (χ1v) is 33.3. The molecule has 0 aromatic rings. The number of carbonyl (C=O) groups is 3. The first-order chi connectivity index (χ1) is 41.6. The van der Waals surface area contributed by atoms with Gasteiger partial charge in [-0.2, -0.15) is 0 Å². The summed E-state index contributed by atoms with van der Waals surface area (Å²) in [5.74, 6) is -2.07. The number of ether oxygens (including phenoxy) is 4. The first kappa shape index (κ1) is 79.7. The van der Waals surface area contributed by atoms with Crippen LogP contribution >= 0.6 is 0 Å². The molecule has 9 heteroatoms. The van der Waals surface area contributed by atoms with E-state index in [-0.39, 0.29) is 38.6 Å². The molecule has 0 saturated heterocycles. The van der Waals surface area contributed by atoms with Crippen LogP contribution in [0.5, 0.6) is 0 Å². The van der Waals surface area contributed by atoms with Crippen molar-refractivity contribution in [3.63, 3.8) is 0 Å². The number of carbonyl (C=O) groups excluding carboxylic acids is 2. The third-order valence-electron chi connectivity index (χ3n) is 13.5. The van der Waals surface area contributed by atoms with E-state index in [0.29, 0.717) is 23.9 Å². The average Bonchev–Trinajstić information content (AvgIpc) is 3.49. The molecule has 0 radical (unpaired) electrons. The topological polar surface area (TPSA) is 108 Å². The van der Waals surface area contributed by atoms with Gasteiger partial charge < -0.3 is 28.5 Å². The Morgan fingerprint density at radius 1 is 0.353 bits per heavy atom. The molecule has 9 nitrogen and oxygen atoms in total. The molecule has 0 amide bonds. The van der Waals surface area contributed by atoms with E-state index in [0.717, 1.165) is 128 Å². The number of aliphatic carboxylic acids is 1. The molecule has 0 saturated carbocycles. The van der Waals surface area contributed by atoms with Crippen LogP contribution in [-0.2, 0) is 33.3 Å². The Morgan fingerprint density at radius 2 is 0.635 bits per heavy atom. The highest BCUT2D eigenvalue weighted by molar-refractivity contribution is 5.71. The van der Waals surface area contributed by atoms with E-state index in [9.17, 15) is 19.5 Å². The Bertz CT molecular complexity index is 2000. The van der Waals surface area contributed by atoms with E-state index in [2.05, 4.69) is 184 Å². The summed E-state index contributed by atoms with van der Waals surface area (Å²) in [6.07, 6.45) is 94.6. The van der Waals surface area contributed by atoms with Crippen LogP contribution in [-0.4, -0.2) is 87.4 Å². The maximum atomic E-state index is 12.9. The summed E-state index contributed by atoms with van der Waals surface area (Å²) in [6, 6.07) is 0. The maximum absolute atomic E-state index is 12.9. The van der Waals surface area contributed by atoms with Crippen LogP contribution in [0.3, 0.4) is 0 Å². The predicted octanol–water partition coefficient (Wildman–Crippen LogP) is 20.7. The largest absolute Gasteiger partial charge is 0.477 e. The Hall–Kier alpha value is -5.35. The van der Waals surface area contributed by atoms with Crippen LogP contribution in [0.15, 0.2) is 170 Å². The Kier molecular flexibility index (Phi) is 60.6. The monoisotopic (exact) mass is 1180 g/mol. The number of hydrogen-bond donors (Lipinski definition) is 1. The van der Waals surface area contributed by atoms with Crippen LogP contribution < -0.4 is 0 Å². The van der Waals surface area contributed by atoms with Crippen LogP contribution in [0.1, 0.15) is 232 Å². The van der Waals surface area contributed by atoms with E-state index in [1.807, 2.05) is 21.1 Å². The highest BCUT2D eigenvalue weighted by Gasteiger charge is 2.25. The molecule has 0 spiro atoms. The Balaban J connectivity index is 4.16. The number of rotatable bonds is 59. The van der Waals surface area contributed by atoms with Crippen molar-refractivity contribution in [3.8, 4) is 0 Å². The number of unbranched alkanes of at least 4 members (excludes halogenated alkanes) is 16. The van der Waals surface area contributed by atoms with Crippen LogP contribution in [0.2, 0.25) is 0 Å². The molecule has 478 valence electrons. The van der Waals surface area contributed by atoms with Gasteiger partial charge in [0, 0.05) is 12.8 Å². The fraction of sp³-hybridized carbons (Fsp3) is 0.592. The zero-order chi connectivity index (χ0) is 61.9. The second-order valence-electron chi connectivity index (χ2n) is 22.7. The van der Waals surface area contributed by atoms with Crippen LogP contribution in [0.25, 0.3) is 0 Å². The highest BCUT2D eigenvalue weighted by Crippen LogP contribution is 2.15. The van der Waals surface area contributed by atoms with Crippen molar-refractivity contribution in [1.29, 1.82) is 0 Å². The van der Waals surface area contributed by atoms with Crippen molar-refractivity contribution in [2.24, 2.45) is 0 Å². The highest BCUT2D eigenvalue weighted by atomic mass is 16.7. The fourth-order valence-corrected chi connectivity index (χ4v) is 8.44. The van der Waals surface area contributed by atoms with Gasteiger partial charge in [-0.3, -0.25) is 9.59 Å². The van der Waals surface area contributed by atoms with E-state index in [1.165, 1.54) is 64.2 Å².